The Labute approximate surface area is 196 Å². The van der Waals surface area contributed by atoms with Gasteiger partial charge in [-0.25, -0.2) is 17.9 Å². The smallest absolute Gasteiger partial charge is 0.410 e. The van der Waals surface area contributed by atoms with E-state index in [9.17, 15) is 13.2 Å². The molecular weight excluding hydrogens is 440 g/mol. The fourth-order valence-corrected chi connectivity index (χ4v) is 5.53. The molecule has 0 radical (unpaired) electrons. The van der Waals surface area contributed by atoms with Crippen LogP contribution in [0.1, 0.15) is 31.2 Å². The van der Waals surface area contributed by atoms with E-state index in [4.69, 9.17) is 9.47 Å². The molecule has 1 amide bonds. The van der Waals surface area contributed by atoms with E-state index < -0.39 is 10.0 Å². The van der Waals surface area contributed by atoms with E-state index in [-0.39, 0.29) is 24.3 Å². The number of hydrogen-bond donors (Lipinski definition) is 1. The predicted octanol–water partition coefficient (Wildman–Crippen LogP) is 3.59. The van der Waals surface area contributed by atoms with E-state index in [1.54, 1.807) is 4.90 Å². The van der Waals surface area contributed by atoms with E-state index in [2.05, 4.69) is 29.0 Å². The molecule has 33 heavy (non-hydrogen) atoms. The summed E-state index contributed by atoms with van der Waals surface area (Å²) in [5.74, 6) is 0. The van der Waals surface area contributed by atoms with Crippen molar-refractivity contribution in [3.05, 3.63) is 60.2 Å². The van der Waals surface area contributed by atoms with Crippen LogP contribution in [0.5, 0.6) is 0 Å². The molecule has 0 bridgehead atoms. The van der Waals surface area contributed by atoms with Gasteiger partial charge in [-0.15, -0.1) is 0 Å². The van der Waals surface area contributed by atoms with Gasteiger partial charge in [0.1, 0.15) is 6.10 Å². The normalized spacial score (nSPS) is 22.2. The van der Waals surface area contributed by atoms with Crippen LogP contribution in [-0.2, 0) is 25.9 Å². The van der Waals surface area contributed by atoms with Crippen molar-refractivity contribution in [1.29, 1.82) is 0 Å². The highest BCUT2D eigenvalue weighted by molar-refractivity contribution is 7.88. The summed E-state index contributed by atoms with van der Waals surface area (Å²) in [5, 5.41) is 0. The van der Waals surface area contributed by atoms with Gasteiger partial charge in [-0.2, -0.15) is 0 Å². The third kappa shape index (κ3) is 6.56. The highest BCUT2D eigenvalue weighted by atomic mass is 32.2. The molecule has 2 aromatic carbocycles. The van der Waals surface area contributed by atoms with Crippen LogP contribution in [-0.4, -0.2) is 63.6 Å². The van der Waals surface area contributed by atoms with Crippen LogP contribution in [0.3, 0.4) is 0 Å². The van der Waals surface area contributed by atoms with E-state index in [1.165, 1.54) is 6.26 Å². The number of piperidine rings is 1. The average molecular weight is 473 g/mol. The Morgan fingerprint density at radius 2 is 1.79 bits per heavy atom. The molecule has 4 rings (SSSR count). The molecule has 178 valence electrons. The Kier molecular flexibility index (Phi) is 7.67. The first-order chi connectivity index (χ1) is 15.9. The fraction of sp³-hybridized carbons (Fsp3) is 0.480. The number of ether oxygens (including phenoxy) is 2. The number of nitrogens with zero attached hydrogens (tertiary/aromatic N) is 1. The molecule has 0 spiro atoms. The van der Waals surface area contributed by atoms with E-state index in [0.29, 0.717) is 45.4 Å². The van der Waals surface area contributed by atoms with Crippen LogP contribution in [0.4, 0.5) is 4.79 Å². The van der Waals surface area contributed by atoms with Crippen LogP contribution in [0.15, 0.2) is 54.6 Å². The topological polar surface area (TPSA) is 84.9 Å². The Morgan fingerprint density at radius 3 is 2.52 bits per heavy atom. The van der Waals surface area contributed by atoms with Gasteiger partial charge < -0.3 is 14.4 Å². The van der Waals surface area contributed by atoms with Crippen molar-refractivity contribution in [2.24, 2.45) is 0 Å². The number of sulfonamides is 1. The summed E-state index contributed by atoms with van der Waals surface area (Å²) in [6.45, 7) is 1.73. The lowest BCUT2D eigenvalue weighted by molar-refractivity contribution is -0.0189. The number of benzene rings is 2. The average Bonchev–Trinajstić information content (AvgIpc) is 2.80. The Balaban J connectivity index is 1.57. The summed E-state index contributed by atoms with van der Waals surface area (Å²) >= 11 is 0. The zero-order chi connectivity index (χ0) is 23.3. The summed E-state index contributed by atoms with van der Waals surface area (Å²) in [4.78, 5) is 14.9. The molecule has 2 fully saturated rings. The van der Waals surface area contributed by atoms with Gasteiger partial charge in [-0.1, -0.05) is 54.6 Å². The van der Waals surface area contributed by atoms with Crippen LogP contribution in [0, 0.1) is 0 Å². The largest absolute Gasteiger partial charge is 0.446 e. The standard InChI is InChI=1S/C25H32N2O5S/c1-33(29,30)26-23-11-6-14-27(25(28)32-22-12-15-31-16-13-22)24(23)18-19-7-5-10-21(17-19)20-8-3-2-4-9-20/h2-5,7-10,17,22-24,26H,6,11-16,18H2,1H3/t23-,24-/m0/s1. The Hall–Kier alpha value is -2.42. The van der Waals surface area contributed by atoms with Gasteiger partial charge >= 0.3 is 6.09 Å². The van der Waals surface area contributed by atoms with Gasteiger partial charge in [0.2, 0.25) is 10.0 Å². The second-order valence-corrected chi connectivity index (χ2v) is 10.6. The molecule has 2 aliphatic rings. The lowest BCUT2D eigenvalue weighted by atomic mass is 9.90. The van der Waals surface area contributed by atoms with E-state index in [0.717, 1.165) is 23.1 Å². The van der Waals surface area contributed by atoms with Gasteiger partial charge in [0, 0.05) is 25.4 Å². The maximum atomic E-state index is 13.2. The van der Waals surface area contributed by atoms with E-state index in [1.807, 2.05) is 30.3 Å². The molecule has 2 aromatic rings. The molecule has 8 heteroatoms. The zero-order valence-electron chi connectivity index (χ0n) is 19.0. The minimum absolute atomic E-state index is 0.156. The number of carbonyl (C=O) groups excluding carboxylic acids is 1. The maximum Gasteiger partial charge on any atom is 0.410 e. The minimum atomic E-state index is -3.42. The fourth-order valence-electron chi connectivity index (χ4n) is 4.70. The molecule has 0 aliphatic carbocycles. The Morgan fingerprint density at radius 1 is 1.06 bits per heavy atom. The number of likely N-dealkylation sites (tertiary alicyclic amines) is 1. The number of carbonyl (C=O) groups is 1. The quantitative estimate of drug-likeness (QED) is 0.695. The van der Waals surface area contributed by atoms with Crippen LogP contribution < -0.4 is 4.72 Å². The maximum absolute atomic E-state index is 13.2. The van der Waals surface area contributed by atoms with Crippen molar-refractivity contribution in [1.82, 2.24) is 9.62 Å². The van der Waals surface area contributed by atoms with Gasteiger partial charge in [0.25, 0.3) is 0 Å². The molecule has 0 saturated carbocycles. The number of nitrogens with one attached hydrogen (secondary N) is 1. The zero-order valence-corrected chi connectivity index (χ0v) is 19.8. The molecule has 7 nitrogen and oxygen atoms in total. The van der Waals surface area contributed by atoms with Crippen molar-refractivity contribution >= 4 is 16.1 Å². The van der Waals surface area contributed by atoms with Crippen LogP contribution in [0.2, 0.25) is 0 Å². The second-order valence-electron chi connectivity index (χ2n) is 8.87. The minimum Gasteiger partial charge on any atom is -0.446 e. The summed E-state index contributed by atoms with van der Waals surface area (Å²) < 4.78 is 38.1. The highest BCUT2D eigenvalue weighted by Crippen LogP contribution is 2.26. The van der Waals surface area contributed by atoms with E-state index >= 15 is 0 Å². The molecule has 1 N–H and O–H groups in total. The summed E-state index contributed by atoms with van der Waals surface area (Å²) in [6, 6.07) is 17.6. The summed E-state index contributed by atoms with van der Waals surface area (Å²) in [5.41, 5.74) is 3.25. The first kappa shape index (κ1) is 23.7. The number of hydrogen-bond acceptors (Lipinski definition) is 5. The predicted molar refractivity (Wildman–Crippen MR) is 127 cm³/mol. The molecular formula is C25H32N2O5S. The van der Waals surface area contributed by atoms with Crippen LogP contribution >= 0.6 is 0 Å². The first-order valence-electron chi connectivity index (χ1n) is 11.6. The lowest BCUT2D eigenvalue weighted by Gasteiger charge is -2.41. The molecule has 0 aromatic heterocycles. The molecule has 2 atom stereocenters. The van der Waals surface area contributed by atoms with Gasteiger partial charge in [-0.05, 0) is 36.0 Å². The summed E-state index contributed by atoms with van der Waals surface area (Å²) in [6.07, 6.45) is 3.95. The summed E-state index contributed by atoms with van der Waals surface area (Å²) in [7, 11) is -3.42. The molecule has 2 aliphatic heterocycles. The first-order valence-corrected chi connectivity index (χ1v) is 13.4. The van der Waals surface area contributed by atoms with Crippen molar-refractivity contribution in [2.45, 2.75) is 50.3 Å². The van der Waals surface area contributed by atoms with Gasteiger partial charge in [-0.3, -0.25) is 0 Å². The monoisotopic (exact) mass is 472 g/mol. The van der Waals surface area contributed by atoms with Gasteiger partial charge in [0.05, 0.1) is 25.5 Å². The third-order valence-electron chi connectivity index (χ3n) is 6.29. The van der Waals surface area contributed by atoms with Crippen molar-refractivity contribution < 1.29 is 22.7 Å². The second kappa shape index (κ2) is 10.7. The van der Waals surface area contributed by atoms with Crippen molar-refractivity contribution in [2.75, 3.05) is 26.0 Å². The number of rotatable bonds is 6. The van der Waals surface area contributed by atoms with Crippen LogP contribution in [0.25, 0.3) is 11.1 Å². The molecule has 2 saturated heterocycles. The lowest BCUT2D eigenvalue weighted by Crippen LogP contribution is -2.58. The van der Waals surface area contributed by atoms with Crippen molar-refractivity contribution in [3.63, 3.8) is 0 Å². The molecule has 2 heterocycles. The Bertz CT molecular complexity index is 1040. The third-order valence-corrected chi connectivity index (χ3v) is 7.02. The number of amides is 1. The SMILES string of the molecule is CS(=O)(=O)N[C@H]1CCCN(C(=O)OC2CCOCC2)[C@H]1Cc1cccc(-c2ccccc2)c1. The molecule has 0 unspecified atom stereocenters. The van der Waals surface area contributed by atoms with Crippen molar-refractivity contribution in [3.8, 4) is 11.1 Å². The highest BCUT2D eigenvalue weighted by Gasteiger charge is 2.37. The van der Waals surface area contributed by atoms with Gasteiger partial charge in [0.15, 0.2) is 0 Å².